The molecule has 0 saturated carbocycles. The molecule has 0 saturated heterocycles. The quantitative estimate of drug-likeness (QED) is 0.846. The van der Waals surface area contributed by atoms with Crippen LogP contribution in [0.25, 0.3) is 6.08 Å². The minimum Gasteiger partial charge on any atom is -0.355 e. The molecular formula is C17H16N2O2. The van der Waals surface area contributed by atoms with Crippen LogP contribution in [0.2, 0.25) is 0 Å². The molecule has 2 rings (SSSR count). The molecule has 0 fully saturated rings. The second-order valence-corrected chi connectivity index (χ2v) is 4.39. The van der Waals surface area contributed by atoms with Gasteiger partial charge in [-0.25, -0.2) is 0 Å². The van der Waals surface area contributed by atoms with Crippen LogP contribution in [0.5, 0.6) is 0 Å². The Bertz CT molecular complexity index is 664. The zero-order chi connectivity index (χ0) is 15.1. The zero-order valence-electron chi connectivity index (χ0n) is 11.7. The Morgan fingerprint density at radius 2 is 1.76 bits per heavy atom. The minimum absolute atomic E-state index is 0.189. The molecule has 106 valence electrons. The maximum atomic E-state index is 11.8. The molecule has 2 N–H and O–H groups in total. The molecule has 2 amide bonds. The van der Waals surface area contributed by atoms with E-state index in [1.54, 1.807) is 37.4 Å². The van der Waals surface area contributed by atoms with Crippen LogP contribution in [0, 0.1) is 0 Å². The van der Waals surface area contributed by atoms with Gasteiger partial charge in [-0.15, -0.1) is 0 Å². The molecule has 0 radical (unpaired) electrons. The average molecular weight is 280 g/mol. The van der Waals surface area contributed by atoms with E-state index in [0.29, 0.717) is 11.3 Å². The van der Waals surface area contributed by atoms with Gasteiger partial charge in [0.05, 0.1) is 0 Å². The van der Waals surface area contributed by atoms with Crippen molar-refractivity contribution in [3.05, 3.63) is 71.8 Å². The number of carbonyl (C=O) groups excluding carboxylic acids is 2. The molecule has 4 nitrogen and oxygen atoms in total. The normalized spacial score (nSPS) is 10.3. The first-order valence-corrected chi connectivity index (χ1v) is 6.55. The molecular weight excluding hydrogens is 264 g/mol. The summed E-state index contributed by atoms with van der Waals surface area (Å²) >= 11 is 0. The van der Waals surface area contributed by atoms with E-state index >= 15 is 0 Å². The van der Waals surface area contributed by atoms with Gasteiger partial charge in [-0.1, -0.05) is 36.4 Å². The van der Waals surface area contributed by atoms with Gasteiger partial charge in [0, 0.05) is 24.4 Å². The third-order valence-electron chi connectivity index (χ3n) is 2.85. The molecule has 0 aliphatic heterocycles. The Balaban J connectivity index is 2.03. The van der Waals surface area contributed by atoms with Gasteiger partial charge >= 0.3 is 0 Å². The Morgan fingerprint density at radius 3 is 2.48 bits per heavy atom. The summed E-state index contributed by atoms with van der Waals surface area (Å²) in [6, 6.07) is 16.3. The lowest BCUT2D eigenvalue weighted by atomic mass is 10.2. The standard InChI is InChI=1S/C17H16N2O2/c1-18-17(21)14-8-5-9-15(12-14)19-16(20)11-10-13-6-3-2-4-7-13/h2-12H,1H3,(H,18,21)(H,19,20). The molecule has 0 aromatic heterocycles. The van der Waals surface area contributed by atoms with Crippen molar-refractivity contribution in [2.75, 3.05) is 12.4 Å². The molecule has 0 aliphatic carbocycles. The van der Waals surface area contributed by atoms with Crippen molar-refractivity contribution in [3.8, 4) is 0 Å². The summed E-state index contributed by atoms with van der Waals surface area (Å²) in [5.41, 5.74) is 2.04. The third kappa shape index (κ3) is 4.31. The highest BCUT2D eigenvalue weighted by Crippen LogP contribution is 2.11. The Kier molecular flexibility index (Phi) is 4.88. The first-order valence-electron chi connectivity index (χ1n) is 6.55. The predicted octanol–water partition coefficient (Wildman–Crippen LogP) is 2.70. The van der Waals surface area contributed by atoms with Crippen LogP contribution in [0.4, 0.5) is 5.69 Å². The highest BCUT2D eigenvalue weighted by molar-refractivity contribution is 6.03. The van der Waals surface area contributed by atoms with E-state index in [2.05, 4.69) is 10.6 Å². The first kappa shape index (κ1) is 14.5. The summed E-state index contributed by atoms with van der Waals surface area (Å²) in [6.45, 7) is 0. The molecule has 2 aromatic rings. The topological polar surface area (TPSA) is 58.2 Å². The summed E-state index contributed by atoms with van der Waals surface area (Å²) in [7, 11) is 1.57. The van der Waals surface area contributed by atoms with E-state index in [-0.39, 0.29) is 11.8 Å². The second kappa shape index (κ2) is 7.05. The van der Waals surface area contributed by atoms with Gasteiger partial charge in [0.2, 0.25) is 5.91 Å². The maximum absolute atomic E-state index is 11.8. The number of carbonyl (C=O) groups is 2. The van der Waals surface area contributed by atoms with Gasteiger partial charge in [-0.2, -0.15) is 0 Å². The van der Waals surface area contributed by atoms with Crippen LogP contribution < -0.4 is 10.6 Å². The number of nitrogens with one attached hydrogen (secondary N) is 2. The highest BCUT2D eigenvalue weighted by Gasteiger charge is 2.04. The summed E-state index contributed by atoms with van der Waals surface area (Å²) < 4.78 is 0. The van der Waals surface area contributed by atoms with Crippen molar-refractivity contribution >= 4 is 23.6 Å². The Hall–Kier alpha value is -2.88. The minimum atomic E-state index is -0.243. The van der Waals surface area contributed by atoms with Crippen molar-refractivity contribution in [1.82, 2.24) is 5.32 Å². The number of hydrogen-bond acceptors (Lipinski definition) is 2. The smallest absolute Gasteiger partial charge is 0.251 e. The van der Waals surface area contributed by atoms with Crippen molar-refractivity contribution < 1.29 is 9.59 Å². The molecule has 0 atom stereocenters. The summed E-state index contributed by atoms with van der Waals surface area (Å²) in [4.78, 5) is 23.4. The van der Waals surface area contributed by atoms with Gasteiger partial charge in [0.25, 0.3) is 5.91 Å². The zero-order valence-corrected chi connectivity index (χ0v) is 11.7. The van der Waals surface area contributed by atoms with Crippen LogP contribution in [0.15, 0.2) is 60.7 Å². The van der Waals surface area contributed by atoms with Gasteiger partial charge in [0.15, 0.2) is 0 Å². The fourth-order valence-electron chi connectivity index (χ4n) is 1.80. The van der Waals surface area contributed by atoms with Gasteiger partial charge in [-0.05, 0) is 29.8 Å². The van der Waals surface area contributed by atoms with Crippen molar-refractivity contribution in [2.45, 2.75) is 0 Å². The van der Waals surface area contributed by atoms with Crippen LogP contribution in [0.3, 0.4) is 0 Å². The van der Waals surface area contributed by atoms with Crippen LogP contribution in [-0.4, -0.2) is 18.9 Å². The van der Waals surface area contributed by atoms with E-state index in [1.165, 1.54) is 6.08 Å². The average Bonchev–Trinajstić information content (AvgIpc) is 2.53. The monoisotopic (exact) mass is 280 g/mol. The number of rotatable bonds is 4. The Labute approximate surface area is 123 Å². The summed E-state index contributed by atoms with van der Waals surface area (Å²) in [6.07, 6.45) is 3.19. The summed E-state index contributed by atoms with van der Waals surface area (Å²) in [5.74, 6) is -0.432. The number of anilines is 1. The van der Waals surface area contributed by atoms with Gasteiger partial charge in [0.1, 0.15) is 0 Å². The maximum Gasteiger partial charge on any atom is 0.251 e. The predicted molar refractivity (Wildman–Crippen MR) is 83.9 cm³/mol. The van der Waals surface area contributed by atoms with Crippen LogP contribution >= 0.6 is 0 Å². The fourth-order valence-corrected chi connectivity index (χ4v) is 1.80. The van der Waals surface area contributed by atoms with Crippen LogP contribution in [-0.2, 0) is 4.79 Å². The second-order valence-electron chi connectivity index (χ2n) is 4.39. The highest BCUT2D eigenvalue weighted by atomic mass is 16.2. The van der Waals surface area contributed by atoms with Crippen LogP contribution in [0.1, 0.15) is 15.9 Å². The lowest BCUT2D eigenvalue weighted by molar-refractivity contribution is -0.111. The SMILES string of the molecule is CNC(=O)c1cccc(NC(=O)C=Cc2ccccc2)c1. The molecule has 0 heterocycles. The molecule has 4 heteroatoms. The van der Waals surface area contributed by atoms with Crippen molar-refractivity contribution in [1.29, 1.82) is 0 Å². The number of benzene rings is 2. The molecule has 21 heavy (non-hydrogen) atoms. The summed E-state index contributed by atoms with van der Waals surface area (Å²) in [5, 5.41) is 5.27. The molecule has 0 aliphatic rings. The third-order valence-corrected chi connectivity index (χ3v) is 2.85. The molecule has 0 unspecified atom stereocenters. The van der Waals surface area contributed by atoms with Gasteiger partial charge in [-0.3, -0.25) is 9.59 Å². The molecule has 0 spiro atoms. The van der Waals surface area contributed by atoms with E-state index in [4.69, 9.17) is 0 Å². The van der Waals surface area contributed by atoms with E-state index in [1.807, 2.05) is 30.3 Å². The van der Waals surface area contributed by atoms with E-state index in [0.717, 1.165) is 5.56 Å². The lowest BCUT2D eigenvalue weighted by Gasteiger charge is -2.05. The van der Waals surface area contributed by atoms with E-state index in [9.17, 15) is 9.59 Å². The molecule has 2 aromatic carbocycles. The van der Waals surface area contributed by atoms with Gasteiger partial charge < -0.3 is 10.6 Å². The largest absolute Gasteiger partial charge is 0.355 e. The van der Waals surface area contributed by atoms with Crippen molar-refractivity contribution in [2.24, 2.45) is 0 Å². The van der Waals surface area contributed by atoms with E-state index < -0.39 is 0 Å². The fraction of sp³-hybridized carbons (Fsp3) is 0.0588. The molecule has 0 bridgehead atoms. The Morgan fingerprint density at radius 1 is 1.00 bits per heavy atom. The first-order chi connectivity index (χ1) is 10.2. The number of amides is 2. The lowest BCUT2D eigenvalue weighted by Crippen LogP contribution is -2.18. The van der Waals surface area contributed by atoms with Crippen molar-refractivity contribution in [3.63, 3.8) is 0 Å². The number of hydrogen-bond donors (Lipinski definition) is 2.